The van der Waals surface area contributed by atoms with Gasteiger partial charge in [-0.2, -0.15) is 0 Å². The minimum absolute atomic E-state index is 0.0444. The summed E-state index contributed by atoms with van der Waals surface area (Å²) in [5.41, 5.74) is 0. The minimum Gasteiger partial charge on any atom is -0.396 e. The van der Waals surface area contributed by atoms with Gasteiger partial charge in [-0.05, 0) is 12.8 Å². The lowest BCUT2D eigenvalue weighted by Crippen LogP contribution is -2.27. The summed E-state index contributed by atoms with van der Waals surface area (Å²) in [7, 11) is -0.822. The lowest BCUT2D eigenvalue weighted by Gasteiger charge is -2.08. The van der Waals surface area contributed by atoms with E-state index in [0.29, 0.717) is 19.4 Å². The number of amides is 1. The van der Waals surface area contributed by atoms with Crippen LogP contribution in [0.4, 0.5) is 0 Å². The first-order valence-corrected chi connectivity index (χ1v) is 6.39. The van der Waals surface area contributed by atoms with E-state index in [0.717, 1.165) is 6.42 Å². The number of carbonyl (C=O) groups is 1. The molecule has 2 N–H and O–H groups in total. The molecule has 0 rings (SSSR count). The second-order valence-electron chi connectivity index (χ2n) is 3.27. The molecule has 0 spiro atoms. The smallest absolute Gasteiger partial charge is 0.220 e. The topological polar surface area (TPSA) is 66.4 Å². The Hall–Kier alpha value is -0.420. The van der Waals surface area contributed by atoms with E-state index in [9.17, 15) is 9.00 Å². The zero-order chi connectivity index (χ0) is 11.0. The van der Waals surface area contributed by atoms with Crippen LogP contribution in [0.15, 0.2) is 0 Å². The Morgan fingerprint density at radius 1 is 1.57 bits per heavy atom. The zero-order valence-electron chi connectivity index (χ0n) is 8.78. The first-order chi connectivity index (χ1) is 6.57. The Morgan fingerprint density at radius 3 is 2.71 bits per heavy atom. The highest BCUT2D eigenvalue weighted by Crippen LogP contribution is 1.97. The van der Waals surface area contributed by atoms with E-state index in [4.69, 9.17) is 5.11 Å². The Balaban J connectivity index is 3.44. The van der Waals surface area contributed by atoms with E-state index in [1.165, 1.54) is 0 Å². The van der Waals surface area contributed by atoms with E-state index in [2.05, 4.69) is 5.32 Å². The summed E-state index contributed by atoms with van der Waals surface area (Å²) < 4.78 is 11.0. The van der Waals surface area contributed by atoms with E-state index in [1.54, 1.807) is 6.26 Å². The normalized spacial score (nSPS) is 14.8. The van der Waals surface area contributed by atoms with Crippen molar-refractivity contribution in [1.82, 2.24) is 5.32 Å². The molecule has 5 heteroatoms. The molecule has 1 amide bonds. The first-order valence-electron chi connectivity index (χ1n) is 4.77. The van der Waals surface area contributed by atoms with Gasteiger partial charge in [-0.3, -0.25) is 9.00 Å². The fraction of sp³-hybridized carbons (Fsp3) is 0.889. The molecule has 0 fully saturated rings. The number of hydrogen-bond donors (Lipinski definition) is 2. The van der Waals surface area contributed by atoms with Gasteiger partial charge in [-0.15, -0.1) is 0 Å². The van der Waals surface area contributed by atoms with Crippen LogP contribution in [0.3, 0.4) is 0 Å². The van der Waals surface area contributed by atoms with Crippen LogP contribution in [0.1, 0.15) is 26.2 Å². The predicted octanol–water partition coefficient (Wildman–Crippen LogP) is 0.0322. The van der Waals surface area contributed by atoms with Gasteiger partial charge in [0, 0.05) is 41.9 Å². The average Bonchev–Trinajstić information content (AvgIpc) is 2.14. The maximum Gasteiger partial charge on any atom is 0.220 e. The van der Waals surface area contributed by atoms with Crippen molar-refractivity contribution in [3.63, 3.8) is 0 Å². The molecule has 0 heterocycles. The monoisotopic (exact) mass is 221 g/mol. The molecule has 2 atom stereocenters. The third-order valence-electron chi connectivity index (χ3n) is 2.00. The summed E-state index contributed by atoms with van der Waals surface area (Å²) in [5, 5.41) is 11.3. The zero-order valence-corrected chi connectivity index (χ0v) is 9.60. The second kappa shape index (κ2) is 7.94. The Bertz CT molecular complexity index is 196. The average molecular weight is 221 g/mol. The van der Waals surface area contributed by atoms with Gasteiger partial charge in [0.15, 0.2) is 0 Å². The quantitative estimate of drug-likeness (QED) is 0.637. The van der Waals surface area contributed by atoms with Gasteiger partial charge in [0.1, 0.15) is 0 Å². The molecule has 0 aromatic carbocycles. The van der Waals surface area contributed by atoms with Crippen LogP contribution in [-0.2, 0) is 15.6 Å². The van der Waals surface area contributed by atoms with Gasteiger partial charge in [0.05, 0.1) is 0 Å². The van der Waals surface area contributed by atoms with E-state index in [-0.39, 0.29) is 17.8 Å². The minimum atomic E-state index is -0.822. The van der Waals surface area contributed by atoms with Gasteiger partial charge in [-0.25, -0.2) is 0 Å². The van der Waals surface area contributed by atoms with Crippen LogP contribution in [0.5, 0.6) is 0 Å². The summed E-state index contributed by atoms with van der Waals surface area (Å²) in [6.07, 6.45) is 3.26. The molecule has 0 saturated carbocycles. The second-order valence-corrected chi connectivity index (χ2v) is 5.08. The van der Waals surface area contributed by atoms with Crippen molar-refractivity contribution in [1.29, 1.82) is 0 Å². The molecule has 4 nitrogen and oxygen atoms in total. The Morgan fingerprint density at radius 2 is 2.21 bits per heavy atom. The largest absolute Gasteiger partial charge is 0.396 e. The molecule has 84 valence electrons. The summed E-state index contributed by atoms with van der Waals surface area (Å²) in [5.74, 6) is -0.0480. The van der Waals surface area contributed by atoms with Gasteiger partial charge in [0.2, 0.25) is 5.91 Å². The van der Waals surface area contributed by atoms with Crippen molar-refractivity contribution in [3.8, 4) is 0 Å². The third kappa shape index (κ3) is 7.03. The number of aliphatic hydroxyl groups is 1. The lowest BCUT2D eigenvalue weighted by molar-refractivity contribution is -0.121. The number of carbonyl (C=O) groups excluding carboxylic acids is 1. The van der Waals surface area contributed by atoms with Crippen LogP contribution >= 0.6 is 0 Å². The number of hydrogen-bond acceptors (Lipinski definition) is 3. The summed E-state index contributed by atoms with van der Waals surface area (Å²) in [6.45, 7) is 2.50. The van der Waals surface area contributed by atoms with Crippen LogP contribution in [-0.4, -0.2) is 39.9 Å². The van der Waals surface area contributed by atoms with Crippen molar-refractivity contribution < 1.29 is 14.1 Å². The van der Waals surface area contributed by atoms with E-state index < -0.39 is 10.8 Å². The standard InChI is InChI=1S/C9H19NO3S/c1-8(14(2)13)5-6-10-9(12)4-3-7-11/h8,11H,3-7H2,1-2H3,(H,10,12). The molecule has 0 aliphatic carbocycles. The molecule has 0 aliphatic rings. The molecule has 0 saturated heterocycles. The summed E-state index contributed by atoms with van der Waals surface area (Å²) in [4.78, 5) is 11.1. The fourth-order valence-electron chi connectivity index (χ4n) is 0.909. The lowest BCUT2D eigenvalue weighted by atomic mass is 10.3. The molecule has 2 unspecified atom stereocenters. The van der Waals surface area contributed by atoms with Crippen LogP contribution in [0, 0.1) is 0 Å². The molecule has 0 bridgehead atoms. The summed E-state index contributed by atoms with van der Waals surface area (Å²) in [6, 6.07) is 0. The number of rotatable bonds is 7. The fourth-order valence-corrected chi connectivity index (χ4v) is 1.36. The van der Waals surface area contributed by atoms with E-state index >= 15 is 0 Å². The molecule has 0 radical (unpaired) electrons. The molecule has 0 aromatic heterocycles. The Kier molecular flexibility index (Phi) is 7.70. The maximum atomic E-state index is 11.1. The Labute approximate surface area is 87.5 Å². The van der Waals surface area contributed by atoms with Gasteiger partial charge >= 0.3 is 0 Å². The molecule has 14 heavy (non-hydrogen) atoms. The highest BCUT2D eigenvalue weighted by molar-refractivity contribution is 7.84. The predicted molar refractivity (Wildman–Crippen MR) is 57.5 cm³/mol. The van der Waals surface area contributed by atoms with Gasteiger partial charge in [0.25, 0.3) is 0 Å². The van der Waals surface area contributed by atoms with Crippen LogP contribution < -0.4 is 5.32 Å². The first kappa shape index (κ1) is 13.6. The van der Waals surface area contributed by atoms with E-state index in [1.807, 2.05) is 6.92 Å². The highest BCUT2D eigenvalue weighted by atomic mass is 32.2. The van der Waals surface area contributed by atoms with Crippen molar-refractivity contribution in [3.05, 3.63) is 0 Å². The van der Waals surface area contributed by atoms with Crippen molar-refractivity contribution >= 4 is 16.7 Å². The maximum absolute atomic E-state index is 11.1. The van der Waals surface area contributed by atoms with Crippen molar-refractivity contribution in [2.24, 2.45) is 0 Å². The summed E-state index contributed by atoms with van der Waals surface area (Å²) >= 11 is 0. The van der Waals surface area contributed by atoms with Crippen molar-refractivity contribution in [2.75, 3.05) is 19.4 Å². The third-order valence-corrected chi connectivity index (χ3v) is 3.37. The van der Waals surface area contributed by atoms with Crippen LogP contribution in [0.25, 0.3) is 0 Å². The molecular formula is C9H19NO3S. The SMILES string of the molecule is CC(CCNC(=O)CCCO)S(C)=O. The van der Waals surface area contributed by atoms with Crippen molar-refractivity contribution in [2.45, 2.75) is 31.4 Å². The highest BCUT2D eigenvalue weighted by Gasteiger charge is 2.06. The number of aliphatic hydroxyl groups excluding tert-OH is 1. The van der Waals surface area contributed by atoms with Gasteiger partial charge in [-0.1, -0.05) is 6.92 Å². The molecule has 0 aromatic rings. The van der Waals surface area contributed by atoms with Crippen LogP contribution in [0.2, 0.25) is 0 Å². The number of nitrogens with one attached hydrogen (secondary N) is 1. The van der Waals surface area contributed by atoms with Gasteiger partial charge < -0.3 is 10.4 Å². The molecular weight excluding hydrogens is 202 g/mol. The molecule has 0 aliphatic heterocycles.